The van der Waals surface area contributed by atoms with E-state index >= 15 is 0 Å². The minimum atomic E-state index is 0. The number of hydrogen-bond donors (Lipinski definition) is 2. The third-order valence-corrected chi connectivity index (χ3v) is 4.57. The van der Waals surface area contributed by atoms with Gasteiger partial charge in [-0.25, -0.2) is 0 Å². The molecule has 2 aromatic rings. The zero-order valence-corrected chi connectivity index (χ0v) is 14.2. The number of methoxy groups -OCH3 is 1. The Hall–Kier alpha value is -1.13. The van der Waals surface area contributed by atoms with E-state index in [0.717, 1.165) is 29.8 Å². The largest absolute Gasteiger partial charge is 0.504 e. The molecule has 1 atom stereocenters. The minimum Gasteiger partial charge on any atom is -0.504 e. The first kappa shape index (κ1) is 17.2. The van der Waals surface area contributed by atoms with Gasteiger partial charge in [0, 0.05) is 19.0 Å². The second kappa shape index (κ2) is 6.97. The van der Waals surface area contributed by atoms with Gasteiger partial charge in [-0.2, -0.15) is 0 Å². The lowest BCUT2D eigenvalue weighted by atomic mass is 9.85. The molecule has 0 spiro atoms. The highest BCUT2D eigenvalue weighted by Crippen LogP contribution is 2.38. The van der Waals surface area contributed by atoms with Gasteiger partial charge in [-0.15, -0.1) is 12.4 Å². The highest BCUT2D eigenvalue weighted by molar-refractivity contribution is 6.42. The first-order valence-electron chi connectivity index (χ1n) is 6.65. The molecule has 0 radical (unpaired) electrons. The zero-order valence-electron chi connectivity index (χ0n) is 11.9. The first-order valence-corrected chi connectivity index (χ1v) is 7.41. The van der Waals surface area contributed by atoms with Crippen LogP contribution < -0.4 is 10.1 Å². The van der Waals surface area contributed by atoms with E-state index in [1.165, 1.54) is 0 Å². The van der Waals surface area contributed by atoms with Crippen LogP contribution in [0, 0.1) is 0 Å². The van der Waals surface area contributed by atoms with Gasteiger partial charge in [-0.3, -0.25) is 0 Å². The number of phenolic OH excluding ortho intramolecular Hbond substituents is 1. The fourth-order valence-electron chi connectivity index (χ4n) is 2.76. The quantitative estimate of drug-likeness (QED) is 0.836. The summed E-state index contributed by atoms with van der Waals surface area (Å²) in [4.78, 5) is 0. The Morgan fingerprint density at radius 3 is 2.64 bits per heavy atom. The molecule has 2 N–H and O–H groups in total. The predicted octanol–water partition coefficient (Wildman–Crippen LogP) is 4.36. The van der Waals surface area contributed by atoms with Crippen molar-refractivity contribution in [3.63, 3.8) is 0 Å². The number of hydrogen-bond acceptors (Lipinski definition) is 3. The van der Waals surface area contributed by atoms with Gasteiger partial charge >= 0.3 is 0 Å². The molecule has 1 aliphatic rings. The second-order valence-electron chi connectivity index (χ2n) is 5.08. The fourth-order valence-corrected chi connectivity index (χ4v) is 3.06. The van der Waals surface area contributed by atoms with Gasteiger partial charge in [-0.1, -0.05) is 29.3 Å². The van der Waals surface area contributed by atoms with E-state index in [9.17, 15) is 5.11 Å². The van der Waals surface area contributed by atoms with Gasteiger partial charge in [-0.05, 0) is 41.0 Å². The van der Waals surface area contributed by atoms with Crippen molar-refractivity contribution >= 4 is 35.6 Å². The van der Waals surface area contributed by atoms with Crippen LogP contribution in [0.1, 0.15) is 22.6 Å². The molecule has 0 aromatic heterocycles. The van der Waals surface area contributed by atoms with Crippen LogP contribution in [0.25, 0.3) is 0 Å². The fraction of sp³-hybridized carbons (Fsp3) is 0.250. The monoisotopic (exact) mass is 359 g/mol. The molecule has 3 rings (SSSR count). The van der Waals surface area contributed by atoms with Crippen molar-refractivity contribution in [1.82, 2.24) is 5.32 Å². The average molecular weight is 361 g/mol. The molecule has 0 bridgehead atoms. The van der Waals surface area contributed by atoms with Gasteiger partial charge in [0.05, 0.1) is 17.2 Å². The van der Waals surface area contributed by atoms with E-state index in [2.05, 4.69) is 5.32 Å². The molecule has 0 aliphatic carbocycles. The molecule has 1 aliphatic heterocycles. The van der Waals surface area contributed by atoms with Crippen LogP contribution in [0.5, 0.6) is 11.5 Å². The molecule has 0 fully saturated rings. The topological polar surface area (TPSA) is 41.5 Å². The van der Waals surface area contributed by atoms with Crippen molar-refractivity contribution < 1.29 is 9.84 Å². The Morgan fingerprint density at radius 2 is 1.95 bits per heavy atom. The maximum atomic E-state index is 9.91. The van der Waals surface area contributed by atoms with Crippen molar-refractivity contribution in [2.24, 2.45) is 0 Å². The third kappa shape index (κ3) is 3.13. The van der Waals surface area contributed by atoms with Crippen molar-refractivity contribution in [3.8, 4) is 11.5 Å². The van der Waals surface area contributed by atoms with Crippen LogP contribution in [0.3, 0.4) is 0 Å². The van der Waals surface area contributed by atoms with E-state index in [4.69, 9.17) is 27.9 Å². The lowest BCUT2D eigenvalue weighted by molar-refractivity contribution is 0.371. The molecule has 118 valence electrons. The van der Waals surface area contributed by atoms with E-state index in [-0.39, 0.29) is 24.1 Å². The van der Waals surface area contributed by atoms with Crippen LogP contribution in [-0.2, 0) is 6.54 Å². The number of phenols is 1. The smallest absolute Gasteiger partial charge is 0.160 e. The molecular weight excluding hydrogens is 345 g/mol. The molecule has 6 heteroatoms. The first-order chi connectivity index (χ1) is 10.1. The minimum absolute atomic E-state index is 0. The summed E-state index contributed by atoms with van der Waals surface area (Å²) < 4.78 is 5.22. The molecule has 22 heavy (non-hydrogen) atoms. The maximum absolute atomic E-state index is 9.91. The van der Waals surface area contributed by atoms with Crippen molar-refractivity contribution in [3.05, 3.63) is 57.1 Å². The molecule has 0 saturated heterocycles. The summed E-state index contributed by atoms with van der Waals surface area (Å²) in [5, 5.41) is 14.4. The average Bonchev–Trinajstić information content (AvgIpc) is 2.48. The van der Waals surface area contributed by atoms with E-state index < -0.39 is 0 Å². The number of halogens is 3. The van der Waals surface area contributed by atoms with Crippen LogP contribution in [-0.4, -0.2) is 18.8 Å². The van der Waals surface area contributed by atoms with Crippen molar-refractivity contribution in [2.45, 2.75) is 12.5 Å². The van der Waals surface area contributed by atoms with Gasteiger partial charge in [0.2, 0.25) is 0 Å². The summed E-state index contributed by atoms with van der Waals surface area (Å²) >= 11 is 12.1. The summed E-state index contributed by atoms with van der Waals surface area (Å²) in [6.07, 6.45) is 0. The maximum Gasteiger partial charge on any atom is 0.160 e. The Balaban J connectivity index is 0.00000176. The Morgan fingerprint density at radius 1 is 1.18 bits per heavy atom. The summed E-state index contributed by atoms with van der Waals surface area (Å²) in [6.45, 7) is 1.53. The highest BCUT2D eigenvalue weighted by atomic mass is 35.5. The summed E-state index contributed by atoms with van der Waals surface area (Å²) in [5.41, 5.74) is 3.29. The van der Waals surface area contributed by atoms with Gasteiger partial charge < -0.3 is 15.2 Å². The Bertz CT molecular complexity index is 691. The number of nitrogens with one attached hydrogen (secondary N) is 1. The standard InChI is InChI=1S/C16H15Cl2NO2.ClH/c1-21-16-6-11-10(5-15(16)20)7-19-8-12(11)9-2-3-13(17)14(18)4-9;/h2-6,12,19-20H,7-8H2,1H3;1H. The summed E-state index contributed by atoms with van der Waals surface area (Å²) in [5.74, 6) is 0.798. The normalized spacial score (nSPS) is 16.6. The molecule has 1 unspecified atom stereocenters. The van der Waals surface area contributed by atoms with Gasteiger partial charge in [0.25, 0.3) is 0 Å². The van der Waals surface area contributed by atoms with E-state index in [1.54, 1.807) is 13.2 Å². The molecule has 0 saturated carbocycles. The van der Waals surface area contributed by atoms with Crippen LogP contribution in [0.15, 0.2) is 30.3 Å². The predicted molar refractivity (Wildman–Crippen MR) is 91.9 cm³/mol. The van der Waals surface area contributed by atoms with Crippen molar-refractivity contribution in [1.29, 1.82) is 0 Å². The number of rotatable bonds is 2. The van der Waals surface area contributed by atoms with Crippen LogP contribution >= 0.6 is 35.6 Å². The molecule has 0 amide bonds. The SMILES string of the molecule is COc1cc2c(cc1O)CNCC2c1ccc(Cl)c(Cl)c1.Cl. The number of fused-ring (bicyclic) bond motifs is 1. The second-order valence-corrected chi connectivity index (χ2v) is 5.89. The van der Waals surface area contributed by atoms with Gasteiger partial charge in [0.15, 0.2) is 11.5 Å². The molecular formula is C16H16Cl3NO2. The Labute approximate surface area is 145 Å². The van der Waals surface area contributed by atoms with Crippen LogP contribution in [0.4, 0.5) is 0 Å². The highest BCUT2D eigenvalue weighted by Gasteiger charge is 2.24. The van der Waals surface area contributed by atoms with E-state index in [0.29, 0.717) is 15.8 Å². The number of ether oxygens (including phenoxy) is 1. The third-order valence-electron chi connectivity index (χ3n) is 3.83. The Kier molecular flexibility index (Phi) is 5.45. The lowest BCUT2D eigenvalue weighted by Crippen LogP contribution is -2.28. The zero-order chi connectivity index (χ0) is 15.0. The summed E-state index contributed by atoms with van der Waals surface area (Å²) in [6, 6.07) is 9.34. The number of benzene rings is 2. The van der Waals surface area contributed by atoms with E-state index in [1.807, 2.05) is 24.3 Å². The molecule has 1 heterocycles. The molecule has 2 aromatic carbocycles. The number of aromatic hydroxyl groups is 1. The van der Waals surface area contributed by atoms with Crippen molar-refractivity contribution in [2.75, 3.05) is 13.7 Å². The van der Waals surface area contributed by atoms with Gasteiger partial charge in [0.1, 0.15) is 0 Å². The summed E-state index contributed by atoms with van der Waals surface area (Å²) in [7, 11) is 1.55. The molecule has 3 nitrogen and oxygen atoms in total. The lowest BCUT2D eigenvalue weighted by Gasteiger charge is -2.28. The van der Waals surface area contributed by atoms with Crippen LogP contribution in [0.2, 0.25) is 10.0 Å².